The van der Waals surface area contributed by atoms with Gasteiger partial charge in [0, 0.05) is 18.0 Å². The number of carbonyl (C=O) groups excluding carboxylic acids is 1. The van der Waals surface area contributed by atoms with E-state index in [9.17, 15) is 4.79 Å². The van der Waals surface area contributed by atoms with Crippen molar-refractivity contribution in [2.45, 2.75) is 32.1 Å². The van der Waals surface area contributed by atoms with Crippen LogP contribution in [0.25, 0.3) is 0 Å². The topological polar surface area (TPSA) is 29.1 Å². The molecule has 2 nitrogen and oxygen atoms in total. The molecule has 3 rings (SSSR count). The highest BCUT2D eigenvalue weighted by atomic mass is 16.1. The van der Waals surface area contributed by atoms with Crippen LogP contribution in [0.2, 0.25) is 0 Å². The molecule has 20 heavy (non-hydrogen) atoms. The molecule has 102 valence electrons. The molecule has 1 heterocycles. The van der Waals surface area contributed by atoms with Crippen molar-refractivity contribution in [3.8, 4) is 0 Å². The van der Waals surface area contributed by atoms with Gasteiger partial charge in [-0.05, 0) is 35.6 Å². The number of anilines is 1. The highest BCUT2D eigenvalue weighted by Crippen LogP contribution is 2.36. The van der Waals surface area contributed by atoms with E-state index < -0.39 is 0 Å². The van der Waals surface area contributed by atoms with Crippen LogP contribution in [0.1, 0.15) is 42.4 Å². The fourth-order valence-corrected chi connectivity index (χ4v) is 2.91. The highest BCUT2D eigenvalue weighted by Gasteiger charge is 2.23. The number of nitrogens with one attached hydrogen (secondary N) is 1. The van der Waals surface area contributed by atoms with E-state index in [1.807, 2.05) is 6.07 Å². The third kappa shape index (κ3) is 2.46. The SMILES string of the molecule is CCc1ccc2c(c1)NC(=O)CC[C@@H]2c1ccccc1. The molecule has 1 aliphatic heterocycles. The first-order chi connectivity index (χ1) is 9.78. The third-order valence-electron chi connectivity index (χ3n) is 4.04. The van der Waals surface area contributed by atoms with Crippen LogP contribution < -0.4 is 5.32 Å². The van der Waals surface area contributed by atoms with E-state index in [0.717, 1.165) is 18.5 Å². The highest BCUT2D eigenvalue weighted by molar-refractivity contribution is 5.92. The fraction of sp³-hybridized carbons (Fsp3) is 0.278. The van der Waals surface area contributed by atoms with Crippen molar-refractivity contribution in [2.24, 2.45) is 0 Å². The number of hydrogen-bond donors (Lipinski definition) is 1. The summed E-state index contributed by atoms with van der Waals surface area (Å²) in [6.07, 6.45) is 2.43. The van der Waals surface area contributed by atoms with Crippen molar-refractivity contribution < 1.29 is 4.79 Å². The largest absolute Gasteiger partial charge is 0.326 e. The lowest BCUT2D eigenvalue weighted by Crippen LogP contribution is -2.09. The Balaban J connectivity index is 2.08. The molecule has 0 aromatic heterocycles. The normalized spacial score (nSPS) is 18.1. The smallest absolute Gasteiger partial charge is 0.224 e. The minimum absolute atomic E-state index is 0.123. The van der Waals surface area contributed by atoms with Crippen LogP contribution in [0.3, 0.4) is 0 Å². The number of carbonyl (C=O) groups is 1. The maximum absolute atomic E-state index is 11.9. The van der Waals surface area contributed by atoms with Gasteiger partial charge in [0.25, 0.3) is 0 Å². The van der Waals surface area contributed by atoms with Crippen LogP contribution in [-0.4, -0.2) is 5.91 Å². The lowest BCUT2D eigenvalue weighted by Gasteiger charge is -2.18. The standard InChI is InChI=1S/C18H19NO/c1-2-13-8-9-16-15(14-6-4-3-5-7-14)10-11-18(20)19-17(16)12-13/h3-9,12,15H,2,10-11H2,1H3,(H,19,20)/t15-/m1/s1. The lowest BCUT2D eigenvalue weighted by molar-refractivity contribution is -0.116. The van der Waals surface area contributed by atoms with Gasteiger partial charge in [0.15, 0.2) is 0 Å². The second-order valence-electron chi connectivity index (χ2n) is 5.33. The summed E-state index contributed by atoms with van der Waals surface area (Å²) in [6, 6.07) is 16.9. The molecule has 1 amide bonds. The summed E-state index contributed by atoms with van der Waals surface area (Å²) in [5.74, 6) is 0.425. The van der Waals surface area contributed by atoms with Crippen molar-refractivity contribution in [3.63, 3.8) is 0 Å². The summed E-state index contributed by atoms with van der Waals surface area (Å²) in [6.45, 7) is 2.13. The molecule has 0 fully saturated rings. The number of benzene rings is 2. The quantitative estimate of drug-likeness (QED) is 0.869. The summed E-state index contributed by atoms with van der Waals surface area (Å²) in [5.41, 5.74) is 4.77. The van der Waals surface area contributed by atoms with E-state index >= 15 is 0 Å². The summed E-state index contributed by atoms with van der Waals surface area (Å²) >= 11 is 0. The molecule has 0 bridgehead atoms. The number of fused-ring (bicyclic) bond motifs is 1. The van der Waals surface area contributed by atoms with Crippen LogP contribution >= 0.6 is 0 Å². The van der Waals surface area contributed by atoms with Gasteiger partial charge in [0.2, 0.25) is 5.91 Å². The zero-order valence-electron chi connectivity index (χ0n) is 11.7. The van der Waals surface area contributed by atoms with Crippen molar-refractivity contribution in [2.75, 3.05) is 5.32 Å². The van der Waals surface area contributed by atoms with E-state index in [-0.39, 0.29) is 5.91 Å². The van der Waals surface area contributed by atoms with E-state index in [1.165, 1.54) is 16.7 Å². The Labute approximate surface area is 119 Å². The Bertz CT molecular complexity index is 619. The molecule has 0 saturated carbocycles. The predicted molar refractivity (Wildman–Crippen MR) is 82.0 cm³/mol. The maximum Gasteiger partial charge on any atom is 0.224 e. The Morgan fingerprint density at radius 3 is 2.70 bits per heavy atom. The fourth-order valence-electron chi connectivity index (χ4n) is 2.91. The summed E-state index contributed by atoms with van der Waals surface area (Å²) in [7, 11) is 0. The van der Waals surface area contributed by atoms with Crippen molar-refractivity contribution >= 4 is 11.6 Å². The van der Waals surface area contributed by atoms with E-state index in [0.29, 0.717) is 12.3 Å². The zero-order chi connectivity index (χ0) is 13.9. The molecule has 0 radical (unpaired) electrons. The van der Waals surface area contributed by atoms with Crippen LogP contribution in [-0.2, 0) is 11.2 Å². The number of rotatable bonds is 2. The number of aryl methyl sites for hydroxylation is 1. The van der Waals surface area contributed by atoms with Crippen LogP contribution in [0.5, 0.6) is 0 Å². The number of amides is 1. The average Bonchev–Trinajstić information content (AvgIpc) is 2.65. The second-order valence-corrected chi connectivity index (χ2v) is 5.33. The first kappa shape index (κ1) is 12.9. The van der Waals surface area contributed by atoms with E-state index in [4.69, 9.17) is 0 Å². The third-order valence-corrected chi connectivity index (χ3v) is 4.04. The molecular formula is C18H19NO. The summed E-state index contributed by atoms with van der Waals surface area (Å²) in [5, 5.41) is 3.06. The Morgan fingerprint density at radius 1 is 1.15 bits per heavy atom. The lowest BCUT2D eigenvalue weighted by atomic mass is 9.87. The molecule has 1 N–H and O–H groups in total. The first-order valence-corrected chi connectivity index (χ1v) is 7.25. The van der Waals surface area contributed by atoms with Gasteiger partial charge in [-0.2, -0.15) is 0 Å². The molecule has 1 atom stereocenters. The molecule has 0 spiro atoms. The van der Waals surface area contributed by atoms with Gasteiger partial charge in [-0.3, -0.25) is 4.79 Å². The first-order valence-electron chi connectivity index (χ1n) is 7.25. The molecule has 2 heteroatoms. The molecule has 2 aromatic carbocycles. The van der Waals surface area contributed by atoms with Gasteiger partial charge in [0.05, 0.1) is 0 Å². The Kier molecular flexibility index (Phi) is 3.55. The van der Waals surface area contributed by atoms with Crippen LogP contribution in [0.15, 0.2) is 48.5 Å². The van der Waals surface area contributed by atoms with Gasteiger partial charge in [-0.25, -0.2) is 0 Å². The van der Waals surface area contributed by atoms with Gasteiger partial charge in [-0.15, -0.1) is 0 Å². The molecule has 2 aromatic rings. The van der Waals surface area contributed by atoms with E-state index in [2.05, 4.69) is 54.7 Å². The van der Waals surface area contributed by atoms with Crippen molar-refractivity contribution in [1.29, 1.82) is 0 Å². The van der Waals surface area contributed by atoms with Gasteiger partial charge in [-0.1, -0.05) is 49.4 Å². The van der Waals surface area contributed by atoms with Gasteiger partial charge < -0.3 is 5.32 Å². The molecular weight excluding hydrogens is 246 g/mol. The van der Waals surface area contributed by atoms with Crippen LogP contribution in [0.4, 0.5) is 5.69 Å². The summed E-state index contributed by atoms with van der Waals surface area (Å²) in [4.78, 5) is 11.9. The average molecular weight is 265 g/mol. The summed E-state index contributed by atoms with van der Waals surface area (Å²) < 4.78 is 0. The second kappa shape index (κ2) is 5.49. The maximum atomic E-state index is 11.9. The number of hydrogen-bond acceptors (Lipinski definition) is 1. The van der Waals surface area contributed by atoms with Crippen molar-refractivity contribution in [1.82, 2.24) is 0 Å². The van der Waals surface area contributed by atoms with Crippen LogP contribution in [0, 0.1) is 0 Å². The monoisotopic (exact) mass is 265 g/mol. The molecule has 0 aliphatic carbocycles. The zero-order valence-corrected chi connectivity index (χ0v) is 11.7. The molecule has 0 unspecified atom stereocenters. The van der Waals surface area contributed by atoms with Gasteiger partial charge >= 0.3 is 0 Å². The Morgan fingerprint density at radius 2 is 1.95 bits per heavy atom. The minimum atomic E-state index is 0.123. The minimum Gasteiger partial charge on any atom is -0.326 e. The molecule has 1 aliphatic rings. The van der Waals surface area contributed by atoms with Crippen molar-refractivity contribution in [3.05, 3.63) is 65.2 Å². The van der Waals surface area contributed by atoms with E-state index in [1.54, 1.807) is 0 Å². The molecule has 0 saturated heterocycles. The predicted octanol–water partition coefficient (Wildman–Crippen LogP) is 4.11. The Hall–Kier alpha value is -2.09. The van der Waals surface area contributed by atoms with Gasteiger partial charge in [0.1, 0.15) is 0 Å².